The Morgan fingerprint density at radius 2 is 1.97 bits per heavy atom. The molecule has 1 aromatic heterocycles. The topological polar surface area (TPSA) is 69.9 Å². The first kappa shape index (κ1) is 25.0. The highest BCUT2D eigenvalue weighted by Crippen LogP contribution is 2.31. The van der Waals surface area contributed by atoms with Crippen molar-refractivity contribution in [2.75, 3.05) is 13.2 Å². The number of nitrogens with zero attached hydrogens (tertiary/aromatic N) is 2. The second-order valence-electron chi connectivity index (χ2n) is 7.64. The standard InChI is InChI=1S/C26H22Cl2N2O4S/c1-4-12-34-19-10-7-16(8-11-19)23-22(25(32)33-5-2)15(3)29-26-30(23)24(31)21(35-26)13-17-6-9-18(27)14-20(17)28/h4,6-11,13-14,23H,1,5,12H2,2-3H3/b21-13-/t23-/m1/s1. The number of aromatic nitrogens is 1. The van der Waals surface area contributed by atoms with E-state index in [1.54, 1.807) is 56.3 Å². The van der Waals surface area contributed by atoms with E-state index in [-0.39, 0.29) is 12.2 Å². The fraction of sp³-hybridized carbons (Fsp3) is 0.192. The molecule has 0 radical (unpaired) electrons. The molecule has 1 atom stereocenters. The summed E-state index contributed by atoms with van der Waals surface area (Å²) in [5.41, 5.74) is 1.91. The van der Waals surface area contributed by atoms with E-state index in [4.69, 9.17) is 32.7 Å². The highest BCUT2D eigenvalue weighted by atomic mass is 35.5. The number of hydrogen-bond acceptors (Lipinski definition) is 6. The average molecular weight is 529 g/mol. The highest BCUT2D eigenvalue weighted by molar-refractivity contribution is 7.07. The van der Waals surface area contributed by atoms with Crippen LogP contribution < -0.4 is 19.6 Å². The maximum atomic E-state index is 13.6. The van der Waals surface area contributed by atoms with E-state index in [1.807, 2.05) is 12.1 Å². The summed E-state index contributed by atoms with van der Waals surface area (Å²) in [6.45, 7) is 7.71. The van der Waals surface area contributed by atoms with Crippen molar-refractivity contribution < 1.29 is 14.3 Å². The predicted molar refractivity (Wildman–Crippen MR) is 139 cm³/mol. The van der Waals surface area contributed by atoms with E-state index in [0.717, 1.165) is 5.56 Å². The average Bonchev–Trinajstić information content (AvgIpc) is 3.13. The summed E-state index contributed by atoms with van der Waals surface area (Å²) in [7, 11) is 0. The number of rotatable bonds is 7. The molecule has 0 saturated carbocycles. The summed E-state index contributed by atoms with van der Waals surface area (Å²) in [5, 5.41) is 0.933. The Labute approximate surface area is 216 Å². The van der Waals surface area contributed by atoms with Gasteiger partial charge in [0, 0.05) is 10.0 Å². The molecule has 4 rings (SSSR count). The second kappa shape index (κ2) is 10.6. The Balaban J connectivity index is 1.90. The zero-order valence-electron chi connectivity index (χ0n) is 19.1. The molecule has 0 unspecified atom stereocenters. The predicted octanol–water partition coefficient (Wildman–Crippen LogP) is 4.67. The molecule has 2 aromatic carbocycles. The van der Waals surface area contributed by atoms with Crippen LogP contribution in [-0.2, 0) is 9.53 Å². The Hall–Kier alpha value is -3.13. The van der Waals surface area contributed by atoms with Gasteiger partial charge in [-0.25, -0.2) is 9.79 Å². The number of hydrogen-bond donors (Lipinski definition) is 0. The van der Waals surface area contributed by atoms with E-state index < -0.39 is 12.0 Å². The molecule has 180 valence electrons. The number of thiazole rings is 1. The molecule has 9 heteroatoms. The van der Waals surface area contributed by atoms with Crippen LogP contribution in [-0.4, -0.2) is 23.8 Å². The third-order valence-electron chi connectivity index (χ3n) is 5.33. The normalized spacial score (nSPS) is 15.4. The number of ether oxygens (including phenoxy) is 2. The molecule has 1 aliphatic rings. The molecule has 35 heavy (non-hydrogen) atoms. The van der Waals surface area contributed by atoms with Gasteiger partial charge < -0.3 is 9.47 Å². The van der Waals surface area contributed by atoms with Crippen molar-refractivity contribution in [3.63, 3.8) is 0 Å². The van der Waals surface area contributed by atoms with Gasteiger partial charge in [-0.1, -0.05) is 65.4 Å². The fourth-order valence-corrected chi connectivity index (χ4v) is 5.27. The highest BCUT2D eigenvalue weighted by Gasteiger charge is 2.33. The lowest BCUT2D eigenvalue weighted by Crippen LogP contribution is -2.39. The number of carbonyl (C=O) groups is 1. The van der Waals surface area contributed by atoms with E-state index in [2.05, 4.69) is 11.6 Å². The number of fused-ring (bicyclic) bond motifs is 1. The lowest BCUT2D eigenvalue weighted by atomic mass is 9.96. The summed E-state index contributed by atoms with van der Waals surface area (Å²) >= 11 is 13.6. The molecule has 0 fully saturated rings. The molecule has 0 N–H and O–H groups in total. The molecule has 1 aliphatic heterocycles. The number of benzene rings is 2. The van der Waals surface area contributed by atoms with Crippen molar-refractivity contribution in [2.24, 2.45) is 4.99 Å². The van der Waals surface area contributed by atoms with Crippen molar-refractivity contribution >= 4 is 46.6 Å². The molecule has 0 bridgehead atoms. The van der Waals surface area contributed by atoms with Crippen LogP contribution in [0.3, 0.4) is 0 Å². The number of carbonyl (C=O) groups excluding carboxylic acids is 1. The first-order valence-corrected chi connectivity index (χ1v) is 12.4. The first-order valence-electron chi connectivity index (χ1n) is 10.8. The Kier molecular flexibility index (Phi) is 7.60. The summed E-state index contributed by atoms with van der Waals surface area (Å²) in [4.78, 5) is 31.6. The zero-order chi connectivity index (χ0) is 25.1. The quantitative estimate of drug-likeness (QED) is 0.330. The van der Waals surface area contributed by atoms with Crippen molar-refractivity contribution in [3.8, 4) is 5.75 Å². The summed E-state index contributed by atoms with van der Waals surface area (Å²) in [6, 6.07) is 11.6. The molecule has 2 heterocycles. The minimum atomic E-state index is -0.707. The van der Waals surface area contributed by atoms with Crippen LogP contribution in [0.2, 0.25) is 10.0 Å². The molecule has 0 saturated heterocycles. The van der Waals surface area contributed by atoms with Crippen LogP contribution in [0, 0.1) is 0 Å². The van der Waals surface area contributed by atoms with E-state index in [9.17, 15) is 9.59 Å². The molecular formula is C26H22Cl2N2O4S. The van der Waals surface area contributed by atoms with Crippen LogP contribution in [0.25, 0.3) is 6.08 Å². The molecule has 3 aromatic rings. The monoisotopic (exact) mass is 528 g/mol. The molecule has 6 nitrogen and oxygen atoms in total. The number of halogens is 2. The lowest BCUT2D eigenvalue weighted by molar-refractivity contribution is -0.139. The molecule has 0 amide bonds. The van der Waals surface area contributed by atoms with Gasteiger partial charge in [-0.05, 0) is 55.3 Å². The van der Waals surface area contributed by atoms with Gasteiger partial charge in [0.1, 0.15) is 12.4 Å². The zero-order valence-corrected chi connectivity index (χ0v) is 21.4. The number of esters is 1. The molecule has 0 spiro atoms. The van der Waals surface area contributed by atoms with Gasteiger partial charge in [0.15, 0.2) is 4.80 Å². The summed E-state index contributed by atoms with van der Waals surface area (Å²) in [5.74, 6) is 0.137. The third-order valence-corrected chi connectivity index (χ3v) is 6.88. The lowest BCUT2D eigenvalue weighted by Gasteiger charge is -2.24. The third kappa shape index (κ3) is 5.12. The first-order chi connectivity index (χ1) is 16.8. The van der Waals surface area contributed by atoms with E-state index >= 15 is 0 Å². The summed E-state index contributed by atoms with van der Waals surface area (Å²) in [6.07, 6.45) is 3.36. The largest absolute Gasteiger partial charge is 0.490 e. The van der Waals surface area contributed by atoms with Crippen molar-refractivity contribution in [3.05, 3.63) is 107 Å². The van der Waals surface area contributed by atoms with Crippen LogP contribution in [0.1, 0.15) is 31.0 Å². The smallest absolute Gasteiger partial charge is 0.338 e. The minimum Gasteiger partial charge on any atom is -0.490 e. The van der Waals surface area contributed by atoms with Gasteiger partial charge in [0.25, 0.3) is 5.56 Å². The van der Waals surface area contributed by atoms with E-state index in [1.165, 1.54) is 15.9 Å². The molecule has 0 aliphatic carbocycles. The van der Waals surface area contributed by atoms with Crippen molar-refractivity contribution in [1.82, 2.24) is 4.57 Å². The SMILES string of the molecule is C=CCOc1ccc([C@@H]2C(C(=O)OCC)=C(C)N=c3s/c(=C\c4ccc(Cl)cc4Cl)c(=O)n32)cc1. The van der Waals surface area contributed by atoms with Gasteiger partial charge in [0.05, 0.1) is 28.5 Å². The Bertz CT molecular complexity index is 1500. The van der Waals surface area contributed by atoms with Crippen LogP contribution >= 0.6 is 34.5 Å². The maximum Gasteiger partial charge on any atom is 0.338 e. The fourth-order valence-electron chi connectivity index (χ4n) is 3.77. The van der Waals surface area contributed by atoms with Gasteiger partial charge in [-0.3, -0.25) is 9.36 Å². The number of allylic oxidation sites excluding steroid dienone is 1. The van der Waals surface area contributed by atoms with Crippen LogP contribution in [0.4, 0.5) is 0 Å². The Morgan fingerprint density at radius 1 is 1.23 bits per heavy atom. The van der Waals surface area contributed by atoms with Gasteiger partial charge in [-0.2, -0.15) is 0 Å². The van der Waals surface area contributed by atoms with E-state index in [0.29, 0.717) is 48.6 Å². The van der Waals surface area contributed by atoms with Crippen molar-refractivity contribution in [1.29, 1.82) is 0 Å². The minimum absolute atomic E-state index is 0.205. The van der Waals surface area contributed by atoms with Gasteiger partial charge in [-0.15, -0.1) is 0 Å². The maximum absolute atomic E-state index is 13.6. The van der Waals surface area contributed by atoms with Crippen molar-refractivity contribution in [2.45, 2.75) is 19.9 Å². The Morgan fingerprint density at radius 3 is 2.63 bits per heavy atom. The second-order valence-corrected chi connectivity index (χ2v) is 9.49. The van der Waals surface area contributed by atoms with Gasteiger partial charge in [0.2, 0.25) is 0 Å². The molecular weight excluding hydrogens is 507 g/mol. The van der Waals surface area contributed by atoms with Crippen LogP contribution in [0.15, 0.2) is 76.2 Å². The van der Waals surface area contributed by atoms with Crippen LogP contribution in [0.5, 0.6) is 5.75 Å². The van der Waals surface area contributed by atoms with Gasteiger partial charge >= 0.3 is 5.97 Å². The summed E-state index contributed by atoms with van der Waals surface area (Å²) < 4.78 is 12.9.